The van der Waals surface area contributed by atoms with Crippen LogP contribution in [-0.4, -0.2) is 36.8 Å². The predicted molar refractivity (Wildman–Crippen MR) is 141 cm³/mol. The summed E-state index contributed by atoms with van der Waals surface area (Å²) in [6.45, 7) is 29.0. The summed E-state index contributed by atoms with van der Waals surface area (Å²) in [5.41, 5.74) is 0. The molecule has 28 heavy (non-hydrogen) atoms. The number of rotatable bonds is 14. The molecule has 0 aromatic heterocycles. The van der Waals surface area contributed by atoms with Gasteiger partial charge in [0.05, 0.1) is 0 Å². The van der Waals surface area contributed by atoms with Crippen molar-refractivity contribution < 1.29 is 0 Å². The van der Waals surface area contributed by atoms with Crippen molar-refractivity contribution in [1.29, 1.82) is 0 Å². The van der Waals surface area contributed by atoms with Crippen molar-refractivity contribution in [2.24, 2.45) is 23.7 Å². The minimum absolute atomic E-state index is 0.915. The maximum absolute atomic E-state index is 2.47. The average Bonchev–Trinajstić information content (AvgIpc) is 2.61. The normalized spacial score (nSPS) is 12.9. The molecule has 0 unspecified atom stereocenters. The fourth-order valence-corrected chi connectivity index (χ4v) is 33.0. The van der Waals surface area contributed by atoms with Gasteiger partial charge in [-0.2, -0.15) is 0 Å². The first kappa shape index (κ1) is 31.8. The van der Waals surface area contributed by atoms with Crippen LogP contribution in [0.3, 0.4) is 0 Å². The van der Waals surface area contributed by atoms with Crippen LogP contribution in [0.1, 0.15) is 95.9 Å². The van der Waals surface area contributed by atoms with Gasteiger partial charge in [-0.3, -0.25) is 0 Å². The molecule has 0 saturated carbocycles. The Morgan fingerprint density at radius 3 is 0.893 bits per heavy atom. The third-order valence-corrected chi connectivity index (χ3v) is 41.6. The van der Waals surface area contributed by atoms with Gasteiger partial charge in [0, 0.05) is 0 Å². The van der Waals surface area contributed by atoms with Crippen LogP contribution >= 0.6 is 0 Å². The van der Waals surface area contributed by atoms with Gasteiger partial charge in [-0.1, -0.05) is 0 Å². The fourth-order valence-electron chi connectivity index (χ4n) is 4.91. The third-order valence-electron chi connectivity index (χ3n) is 7.19. The van der Waals surface area contributed by atoms with Crippen LogP contribution in [0.25, 0.3) is 0 Å². The van der Waals surface area contributed by atoms with Gasteiger partial charge in [0.2, 0.25) is 0 Å². The van der Waals surface area contributed by atoms with Crippen molar-refractivity contribution in [3.63, 3.8) is 0 Å². The summed E-state index contributed by atoms with van der Waals surface area (Å²) in [6.07, 6.45) is 2.99. The number of hydrogen-bond donors (Lipinski definition) is 0. The molecular weight excluding hydrogens is 550 g/mol. The van der Waals surface area contributed by atoms with Crippen LogP contribution < -0.4 is 0 Å². The standard InChI is InChI=1S/2C5H11.2C4H9.4C2H5.2Sn/c2*1-4-5(2)3;2*1-4(2)3;4*1-2;;/h2*5H,1,4H2,2-3H3;2*4H,1H2,2-3H3;4*1H2,2H3;;. The van der Waals surface area contributed by atoms with Gasteiger partial charge in [0.1, 0.15) is 0 Å². The second kappa shape index (κ2) is 17.2. The van der Waals surface area contributed by atoms with E-state index in [0.717, 1.165) is 23.7 Å². The Morgan fingerprint density at radius 2 is 0.714 bits per heavy atom. The molecule has 0 radical (unpaired) electrons. The minimum atomic E-state index is -1.65. The molecular formula is C26H60Sn2. The van der Waals surface area contributed by atoms with Crippen LogP contribution in [0.2, 0.25) is 35.5 Å². The van der Waals surface area contributed by atoms with Crippen LogP contribution in [0, 0.1) is 23.7 Å². The van der Waals surface area contributed by atoms with E-state index in [4.69, 9.17) is 0 Å². The molecule has 0 aliphatic heterocycles. The van der Waals surface area contributed by atoms with Gasteiger partial charge in [-0.25, -0.2) is 0 Å². The molecule has 0 N–H and O–H groups in total. The molecule has 0 fully saturated rings. The molecule has 0 rings (SSSR count). The van der Waals surface area contributed by atoms with Gasteiger partial charge in [0.15, 0.2) is 0 Å². The SMILES string of the molecule is C[CH2][Sn]([CH2]C)([CH2]C(C)C)[CH2]C(C)C.C[CH2][Sn]([CH2]C)([CH2]CC(C)C)[CH2]CC(C)C. The first-order valence-electron chi connectivity index (χ1n) is 12.9. The summed E-state index contributed by atoms with van der Waals surface area (Å²) < 4.78 is 12.8. The second-order valence-electron chi connectivity index (χ2n) is 11.5. The topological polar surface area (TPSA) is 0 Å². The molecule has 172 valence electrons. The van der Waals surface area contributed by atoms with Crippen molar-refractivity contribution in [2.75, 3.05) is 0 Å². The molecule has 0 saturated heterocycles. The second-order valence-corrected chi connectivity index (χ2v) is 41.9. The number of hydrogen-bond acceptors (Lipinski definition) is 0. The van der Waals surface area contributed by atoms with E-state index in [1.807, 2.05) is 0 Å². The van der Waals surface area contributed by atoms with E-state index in [1.165, 1.54) is 12.8 Å². The van der Waals surface area contributed by atoms with Gasteiger partial charge >= 0.3 is 192 Å². The summed E-state index contributed by atoms with van der Waals surface area (Å²) in [5.74, 6) is 3.71. The summed E-state index contributed by atoms with van der Waals surface area (Å²) in [5, 5.41) is 0. The zero-order valence-electron chi connectivity index (χ0n) is 22.4. The van der Waals surface area contributed by atoms with E-state index in [0.29, 0.717) is 0 Å². The zero-order chi connectivity index (χ0) is 22.4. The van der Waals surface area contributed by atoms with E-state index in [2.05, 4.69) is 83.1 Å². The first-order valence-corrected chi connectivity index (χ1v) is 29.1. The van der Waals surface area contributed by atoms with Gasteiger partial charge < -0.3 is 0 Å². The zero-order valence-corrected chi connectivity index (χ0v) is 28.1. The predicted octanol–water partition coefficient (Wildman–Crippen LogP) is 10.4. The van der Waals surface area contributed by atoms with Crippen molar-refractivity contribution >= 4 is 36.8 Å². The summed E-state index contributed by atoms with van der Waals surface area (Å²) >= 11 is -3.28. The Bertz CT molecular complexity index is 310. The van der Waals surface area contributed by atoms with Crippen LogP contribution in [0.5, 0.6) is 0 Å². The Balaban J connectivity index is 0. The monoisotopic (exact) mass is 612 g/mol. The molecule has 0 aromatic rings. The summed E-state index contributed by atoms with van der Waals surface area (Å²) in [4.78, 5) is 0. The van der Waals surface area contributed by atoms with Crippen LogP contribution in [0.4, 0.5) is 0 Å². The van der Waals surface area contributed by atoms with E-state index >= 15 is 0 Å². The van der Waals surface area contributed by atoms with E-state index in [-0.39, 0.29) is 0 Å². The Labute approximate surface area is 190 Å². The van der Waals surface area contributed by atoms with Gasteiger partial charge in [-0.05, 0) is 0 Å². The molecule has 0 atom stereocenters. The first-order chi connectivity index (χ1) is 12.9. The Morgan fingerprint density at radius 1 is 0.429 bits per heavy atom. The van der Waals surface area contributed by atoms with Gasteiger partial charge in [-0.15, -0.1) is 0 Å². The Kier molecular flexibility index (Phi) is 19.5. The molecule has 0 bridgehead atoms. The molecule has 0 heterocycles. The molecule has 2 heteroatoms. The fraction of sp³-hybridized carbons (Fsp3) is 1.00. The van der Waals surface area contributed by atoms with E-state index < -0.39 is 36.8 Å². The average molecular weight is 610 g/mol. The third kappa shape index (κ3) is 15.4. The molecule has 0 nitrogen and oxygen atoms in total. The Hall–Kier alpha value is 1.60. The van der Waals surface area contributed by atoms with Crippen molar-refractivity contribution in [3.8, 4) is 0 Å². The molecule has 0 amide bonds. The van der Waals surface area contributed by atoms with Crippen molar-refractivity contribution in [1.82, 2.24) is 0 Å². The van der Waals surface area contributed by atoms with Crippen LogP contribution in [-0.2, 0) is 0 Å². The molecule has 0 spiro atoms. The molecule has 0 aliphatic rings. The van der Waals surface area contributed by atoms with Crippen molar-refractivity contribution in [2.45, 2.75) is 131 Å². The van der Waals surface area contributed by atoms with E-state index in [1.54, 1.807) is 35.5 Å². The molecule has 0 aromatic carbocycles. The summed E-state index contributed by atoms with van der Waals surface area (Å²) in [6, 6.07) is 0. The van der Waals surface area contributed by atoms with Gasteiger partial charge in [0.25, 0.3) is 0 Å². The van der Waals surface area contributed by atoms with Crippen LogP contribution in [0.15, 0.2) is 0 Å². The maximum atomic E-state index is 2.47. The molecule has 0 aliphatic carbocycles. The van der Waals surface area contributed by atoms with Crippen molar-refractivity contribution in [3.05, 3.63) is 0 Å². The summed E-state index contributed by atoms with van der Waals surface area (Å²) in [7, 11) is 0. The van der Waals surface area contributed by atoms with E-state index in [9.17, 15) is 0 Å². The quantitative estimate of drug-likeness (QED) is 0.172.